The fourth-order valence-corrected chi connectivity index (χ4v) is 3.39. The van der Waals surface area contributed by atoms with E-state index in [9.17, 15) is 4.79 Å². The first-order valence-electron chi connectivity index (χ1n) is 9.05. The Morgan fingerprint density at radius 2 is 2.12 bits per heavy atom. The van der Waals surface area contributed by atoms with Crippen LogP contribution in [0.15, 0.2) is 30.6 Å². The summed E-state index contributed by atoms with van der Waals surface area (Å²) in [6.45, 7) is 2.65. The Hall–Kier alpha value is -2.21. The smallest absolute Gasteiger partial charge is 0.242 e. The van der Waals surface area contributed by atoms with Gasteiger partial charge in [-0.15, -0.1) is 0 Å². The molecule has 1 atom stereocenters. The maximum atomic E-state index is 12.7. The van der Waals surface area contributed by atoms with Crippen LogP contribution in [0.4, 0.5) is 5.82 Å². The minimum atomic E-state index is -0.132. The van der Waals surface area contributed by atoms with Crippen LogP contribution in [0, 0.1) is 0 Å². The number of para-hydroxylation sites is 1. The fourth-order valence-electron chi connectivity index (χ4n) is 3.39. The second-order valence-electron chi connectivity index (χ2n) is 6.87. The highest BCUT2D eigenvalue weighted by molar-refractivity contribution is 5.93. The van der Waals surface area contributed by atoms with E-state index < -0.39 is 0 Å². The molecule has 6 heteroatoms. The third-order valence-electron chi connectivity index (χ3n) is 4.68. The molecule has 1 aromatic heterocycles. The van der Waals surface area contributed by atoms with Gasteiger partial charge < -0.3 is 15.1 Å². The van der Waals surface area contributed by atoms with Crippen molar-refractivity contribution in [2.45, 2.75) is 31.7 Å². The van der Waals surface area contributed by atoms with E-state index in [1.54, 1.807) is 6.33 Å². The number of rotatable bonds is 7. The van der Waals surface area contributed by atoms with Gasteiger partial charge in [0.25, 0.3) is 0 Å². The summed E-state index contributed by atoms with van der Waals surface area (Å²) in [7, 11) is 4.14. The third-order valence-corrected chi connectivity index (χ3v) is 4.68. The van der Waals surface area contributed by atoms with Crippen molar-refractivity contribution in [1.82, 2.24) is 20.2 Å². The number of unbranched alkanes of at least 4 members (excludes halogenated alkanes) is 1. The topological polar surface area (TPSA) is 61.4 Å². The Morgan fingerprint density at radius 1 is 1.28 bits per heavy atom. The highest BCUT2D eigenvalue weighted by Crippen LogP contribution is 2.29. The van der Waals surface area contributed by atoms with Crippen LogP contribution in [0.25, 0.3) is 10.9 Å². The first kappa shape index (κ1) is 17.6. The van der Waals surface area contributed by atoms with Crippen molar-refractivity contribution in [3.8, 4) is 0 Å². The zero-order valence-electron chi connectivity index (χ0n) is 15.1. The van der Waals surface area contributed by atoms with Crippen molar-refractivity contribution in [1.29, 1.82) is 0 Å². The molecule has 1 aliphatic heterocycles. The number of carbonyl (C=O) groups is 1. The summed E-state index contributed by atoms with van der Waals surface area (Å²) in [6.07, 6.45) is 5.58. The van der Waals surface area contributed by atoms with Crippen molar-refractivity contribution in [2.75, 3.05) is 38.6 Å². The Labute approximate surface area is 149 Å². The maximum absolute atomic E-state index is 12.7. The molecule has 2 aromatic rings. The van der Waals surface area contributed by atoms with E-state index in [4.69, 9.17) is 0 Å². The van der Waals surface area contributed by atoms with Gasteiger partial charge in [-0.2, -0.15) is 0 Å². The van der Waals surface area contributed by atoms with Crippen molar-refractivity contribution in [3.63, 3.8) is 0 Å². The number of carbonyl (C=O) groups excluding carboxylic acids is 1. The summed E-state index contributed by atoms with van der Waals surface area (Å²) in [6, 6.07) is 7.84. The monoisotopic (exact) mass is 341 g/mol. The van der Waals surface area contributed by atoms with Crippen LogP contribution in [0.1, 0.15) is 25.7 Å². The number of hydrogen-bond acceptors (Lipinski definition) is 5. The lowest BCUT2D eigenvalue weighted by Gasteiger charge is -2.25. The SMILES string of the molecule is CN(C)CCCCNC(=O)C1CCCN1c1ncnc2ccccc12. The van der Waals surface area contributed by atoms with Crippen LogP contribution in [0.2, 0.25) is 0 Å². The molecule has 0 saturated carbocycles. The van der Waals surface area contributed by atoms with E-state index in [-0.39, 0.29) is 11.9 Å². The van der Waals surface area contributed by atoms with Crippen LogP contribution in [-0.2, 0) is 4.79 Å². The van der Waals surface area contributed by atoms with Gasteiger partial charge in [-0.25, -0.2) is 9.97 Å². The second-order valence-corrected chi connectivity index (χ2v) is 6.87. The van der Waals surface area contributed by atoms with Crippen LogP contribution >= 0.6 is 0 Å². The van der Waals surface area contributed by atoms with Gasteiger partial charge in [-0.3, -0.25) is 4.79 Å². The molecule has 1 N–H and O–H groups in total. The average molecular weight is 341 g/mol. The first-order chi connectivity index (χ1) is 12.2. The molecule has 1 amide bonds. The van der Waals surface area contributed by atoms with Gasteiger partial charge in [0.05, 0.1) is 5.52 Å². The number of fused-ring (bicyclic) bond motifs is 1. The molecule has 1 unspecified atom stereocenters. The molecule has 0 aliphatic carbocycles. The van der Waals surface area contributed by atoms with Crippen molar-refractivity contribution >= 4 is 22.6 Å². The van der Waals surface area contributed by atoms with Gasteiger partial charge >= 0.3 is 0 Å². The predicted molar refractivity (Wildman–Crippen MR) is 101 cm³/mol. The molecule has 6 nitrogen and oxygen atoms in total. The molecule has 0 spiro atoms. The number of nitrogens with zero attached hydrogens (tertiary/aromatic N) is 4. The van der Waals surface area contributed by atoms with Gasteiger partial charge in [0.15, 0.2) is 0 Å². The number of nitrogens with one attached hydrogen (secondary N) is 1. The van der Waals surface area contributed by atoms with Crippen molar-refractivity contribution < 1.29 is 4.79 Å². The number of amides is 1. The summed E-state index contributed by atoms with van der Waals surface area (Å²) in [5.41, 5.74) is 0.919. The van der Waals surface area contributed by atoms with Gasteiger partial charge in [0.1, 0.15) is 18.2 Å². The summed E-state index contributed by atoms with van der Waals surface area (Å²) in [4.78, 5) is 25.8. The van der Waals surface area contributed by atoms with Crippen molar-refractivity contribution in [3.05, 3.63) is 30.6 Å². The molecule has 3 rings (SSSR count). The van der Waals surface area contributed by atoms with E-state index in [0.717, 1.165) is 62.0 Å². The Kier molecular flexibility index (Phi) is 5.81. The Bertz CT molecular complexity index is 713. The lowest BCUT2D eigenvalue weighted by molar-refractivity contribution is -0.122. The van der Waals surface area contributed by atoms with E-state index in [2.05, 4.69) is 39.2 Å². The van der Waals surface area contributed by atoms with Crippen LogP contribution < -0.4 is 10.2 Å². The molecule has 134 valence electrons. The zero-order chi connectivity index (χ0) is 17.6. The summed E-state index contributed by atoms with van der Waals surface area (Å²) in [5, 5.41) is 4.11. The maximum Gasteiger partial charge on any atom is 0.242 e. The highest BCUT2D eigenvalue weighted by Gasteiger charge is 2.32. The molecule has 1 aromatic carbocycles. The summed E-state index contributed by atoms with van der Waals surface area (Å²) < 4.78 is 0. The first-order valence-corrected chi connectivity index (χ1v) is 9.05. The van der Waals surface area contributed by atoms with E-state index in [1.807, 2.05) is 24.3 Å². The lowest BCUT2D eigenvalue weighted by Crippen LogP contribution is -2.44. The Morgan fingerprint density at radius 3 is 2.96 bits per heavy atom. The number of aromatic nitrogens is 2. The molecule has 1 fully saturated rings. The molecular weight excluding hydrogens is 314 g/mol. The zero-order valence-corrected chi connectivity index (χ0v) is 15.1. The normalized spacial score (nSPS) is 17.4. The highest BCUT2D eigenvalue weighted by atomic mass is 16.2. The molecule has 25 heavy (non-hydrogen) atoms. The standard InChI is InChI=1S/C19H27N5O/c1-23(2)12-6-5-11-20-19(25)17-10-7-13-24(17)18-15-8-3-4-9-16(15)21-14-22-18/h3-4,8-9,14,17H,5-7,10-13H2,1-2H3,(H,20,25). The number of hydrogen-bond donors (Lipinski definition) is 1. The average Bonchev–Trinajstić information content (AvgIpc) is 3.10. The number of benzene rings is 1. The largest absolute Gasteiger partial charge is 0.354 e. The van der Waals surface area contributed by atoms with Gasteiger partial charge in [0, 0.05) is 18.5 Å². The van der Waals surface area contributed by atoms with Gasteiger partial charge in [-0.1, -0.05) is 12.1 Å². The second kappa shape index (κ2) is 8.25. The quantitative estimate of drug-likeness (QED) is 0.781. The minimum Gasteiger partial charge on any atom is -0.354 e. The fraction of sp³-hybridized carbons (Fsp3) is 0.526. The van der Waals surface area contributed by atoms with E-state index in [1.165, 1.54) is 0 Å². The Balaban J connectivity index is 1.65. The molecule has 0 bridgehead atoms. The third kappa shape index (κ3) is 4.25. The minimum absolute atomic E-state index is 0.116. The van der Waals surface area contributed by atoms with Gasteiger partial charge in [0.2, 0.25) is 5.91 Å². The molecule has 2 heterocycles. The van der Waals surface area contributed by atoms with Gasteiger partial charge in [-0.05, 0) is 58.5 Å². The lowest BCUT2D eigenvalue weighted by atomic mass is 10.1. The summed E-state index contributed by atoms with van der Waals surface area (Å²) in [5.74, 6) is 0.987. The van der Waals surface area contributed by atoms with E-state index in [0.29, 0.717) is 0 Å². The number of anilines is 1. The summed E-state index contributed by atoms with van der Waals surface area (Å²) >= 11 is 0. The molecule has 1 aliphatic rings. The van der Waals surface area contributed by atoms with Crippen LogP contribution in [-0.4, -0.2) is 60.5 Å². The molecule has 1 saturated heterocycles. The van der Waals surface area contributed by atoms with Crippen LogP contribution in [0.5, 0.6) is 0 Å². The van der Waals surface area contributed by atoms with Crippen LogP contribution in [0.3, 0.4) is 0 Å². The van der Waals surface area contributed by atoms with E-state index >= 15 is 0 Å². The van der Waals surface area contributed by atoms with Crippen molar-refractivity contribution in [2.24, 2.45) is 0 Å². The molecular formula is C19H27N5O. The predicted octanol–water partition coefficient (Wildman–Crippen LogP) is 2.06. The molecule has 0 radical (unpaired) electrons.